The number of benzene rings is 2. The van der Waals surface area contributed by atoms with Crippen molar-refractivity contribution in [2.45, 2.75) is 37.8 Å². The highest BCUT2D eigenvalue weighted by Gasteiger charge is 2.43. The summed E-state index contributed by atoms with van der Waals surface area (Å²) < 4.78 is 13.6. The molecule has 2 aliphatic rings. The maximum absolute atomic E-state index is 13.6. The Labute approximate surface area is 180 Å². The standard InChI is InChI=1S/C23H25FN4O3/c1-22(17-4-3-5-18(24)12-17)10-11-28(14-22)21(31)25-13-15-6-8-16(9-7-15)23(2)19(29)26-20(30)27-23/h3-9,12H,10-11,13-14H2,1-2H3,(H,25,31)(H2,26,27,29,30). The summed E-state index contributed by atoms with van der Waals surface area (Å²) in [4.78, 5) is 37.9. The van der Waals surface area contributed by atoms with Crippen molar-refractivity contribution in [2.75, 3.05) is 13.1 Å². The first-order chi connectivity index (χ1) is 14.7. The van der Waals surface area contributed by atoms with E-state index in [4.69, 9.17) is 0 Å². The lowest BCUT2D eigenvalue weighted by Gasteiger charge is -2.25. The molecule has 5 amide bonds. The number of hydrogen-bond donors (Lipinski definition) is 3. The zero-order chi connectivity index (χ0) is 22.2. The van der Waals surface area contributed by atoms with Gasteiger partial charge in [0.2, 0.25) is 0 Å². The third kappa shape index (κ3) is 3.97. The van der Waals surface area contributed by atoms with Crippen LogP contribution in [0.5, 0.6) is 0 Å². The van der Waals surface area contributed by atoms with Gasteiger partial charge < -0.3 is 15.5 Å². The summed E-state index contributed by atoms with van der Waals surface area (Å²) in [6, 6.07) is 13.1. The second-order valence-electron chi connectivity index (χ2n) is 8.63. The van der Waals surface area contributed by atoms with Gasteiger partial charge in [0.25, 0.3) is 5.91 Å². The monoisotopic (exact) mass is 424 g/mol. The Morgan fingerprint density at radius 1 is 1.13 bits per heavy atom. The molecule has 2 aromatic carbocycles. The maximum Gasteiger partial charge on any atom is 0.322 e. The molecule has 0 spiro atoms. The lowest BCUT2D eigenvalue weighted by Crippen LogP contribution is -2.40. The Bertz CT molecular complexity index is 1040. The van der Waals surface area contributed by atoms with E-state index in [1.54, 1.807) is 30.0 Å². The van der Waals surface area contributed by atoms with Crippen molar-refractivity contribution in [1.29, 1.82) is 0 Å². The van der Waals surface area contributed by atoms with Crippen molar-refractivity contribution in [3.05, 3.63) is 71.0 Å². The third-order valence-electron chi connectivity index (χ3n) is 6.30. The molecule has 0 bridgehead atoms. The zero-order valence-corrected chi connectivity index (χ0v) is 17.5. The lowest BCUT2D eigenvalue weighted by molar-refractivity contribution is -0.123. The lowest BCUT2D eigenvalue weighted by atomic mass is 9.82. The number of halogens is 1. The van der Waals surface area contributed by atoms with Gasteiger partial charge in [-0.3, -0.25) is 10.1 Å². The number of hydrogen-bond acceptors (Lipinski definition) is 3. The van der Waals surface area contributed by atoms with Crippen LogP contribution in [0.1, 0.15) is 37.0 Å². The average molecular weight is 424 g/mol. The number of imide groups is 1. The van der Waals surface area contributed by atoms with Crippen LogP contribution in [0, 0.1) is 5.82 Å². The smallest absolute Gasteiger partial charge is 0.322 e. The summed E-state index contributed by atoms with van der Waals surface area (Å²) in [5.41, 5.74) is 1.06. The first-order valence-electron chi connectivity index (χ1n) is 10.2. The molecule has 2 aliphatic heterocycles. The van der Waals surface area contributed by atoms with E-state index in [9.17, 15) is 18.8 Å². The van der Waals surface area contributed by atoms with Gasteiger partial charge in [0.1, 0.15) is 11.4 Å². The summed E-state index contributed by atoms with van der Waals surface area (Å²) >= 11 is 0. The number of carbonyl (C=O) groups excluding carboxylic acids is 3. The largest absolute Gasteiger partial charge is 0.334 e. The fourth-order valence-corrected chi connectivity index (χ4v) is 4.23. The minimum atomic E-state index is -1.10. The highest BCUT2D eigenvalue weighted by atomic mass is 19.1. The maximum atomic E-state index is 13.6. The van der Waals surface area contributed by atoms with Gasteiger partial charge in [0, 0.05) is 25.0 Å². The van der Waals surface area contributed by atoms with Crippen molar-refractivity contribution < 1.29 is 18.8 Å². The van der Waals surface area contributed by atoms with Crippen LogP contribution >= 0.6 is 0 Å². The van der Waals surface area contributed by atoms with E-state index in [1.165, 1.54) is 12.1 Å². The molecule has 2 heterocycles. The van der Waals surface area contributed by atoms with Crippen molar-refractivity contribution in [3.8, 4) is 0 Å². The predicted molar refractivity (Wildman–Crippen MR) is 113 cm³/mol. The van der Waals surface area contributed by atoms with E-state index >= 15 is 0 Å². The Balaban J connectivity index is 1.35. The average Bonchev–Trinajstić information content (AvgIpc) is 3.27. The fourth-order valence-electron chi connectivity index (χ4n) is 4.23. The molecular weight excluding hydrogens is 399 g/mol. The summed E-state index contributed by atoms with van der Waals surface area (Å²) in [5.74, 6) is -0.664. The molecule has 8 heteroatoms. The van der Waals surface area contributed by atoms with E-state index in [0.29, 0.717) is 25.2 Å². The number of nitrogens with zero attached hydrogens (tertiary/aromatic N) is 1. The van der Waals surface area contributed by atoms with Gasteiger partial charge in [0.15, 0.2) is 0 Å². The Hall–Kier alpha value is -3.42. The van der Waals surface area contributed by atoms with E-state index in [1.807, 2.05) is 25.1 Å². The Kier molecular flexibility index (Phi) is 5.16. The highest BCUT2D eigenvalue weighted by Crippen LogP contribution is 2.34. The zero-order valence-electron chi connectivity index (χ0n) is 17.5. The first kappa shape index (κ1) is 20.8. The quantitative estimate of drug-likeness (QED) is 0.660. The van der Waals surface area contributed by atoms with Crippen molar-refractivity contribution in [1.82, 2.24) is 20.9 Å². The number of urea groups is 2. The molecule has 2 atom stereocenters. The van der Waals surface area contributed by atoms with Crippen LogP contribution in [-0.2, 0) is 22.3 Å². The van der Waals surface area contributed by atoms with Crippen molar-refractivity contribution >= 4 is 18.0 Å². The molecule has 7 nitrogen and oxygen atoms in total. The van der Waals surface area contributed by atoms with Crippen LogP contribution in [0.4, 0.5) is 14.0 Å². The van der Waals surface area contributed by atoms with Gasteiger partial charge in [-0.15, -0.1) is 0 Å². The molecule has 0 saturated carbocycles. The molecule has 31 heavy (non-hydrogen) atoms. The van der Waals surface area contributed by atoms with Crippen LogP contribution in [0.3, 0.4) is 0 Å². The Morgan fingerprint density at radius 2 is 1.87 bits per heavy atom. The summed E-state index contributed by atoms with van der Waals surface area (Å²) in [5, 5.41) is 7.79. The van der Waals surface area contributed by atoms with Crippen LogP contribution in [0.15, 0.2) is 48.5 Å². The number of carbonyl (C=O) groups is 3. The summed E-state index contributed by atoms with van der Waals surface area (Å²) in [7, 11) is 0. The van der Waals surface area contributed by atoms with E-state index < -0.39 is 17.5 Å². The minimum Gasteiger partial charge on any atom is -0.334 e. The molecule has 0 radical (unpaired) electrons. The van der Waals surface area contributed by atoms with Gasteiger partial charge in [-0.05, 0) is 42.2 Å². The van der Waals surface area contributed by atoms with Crippen LogP contribution < -0.4 is 16.0 Å². The Morgan fingerprint density at radius 3 is 2.52 bits per heavy atom. The number of likely N-dealkylation sites (tertiary alicyclic amines) is 1. The normalized spacial score (nSPS) is 25.3. The topological polar surface area (TPSA) is 90.5 Å². The molecule has 2 aromatic rings. The van der Waals surface area contributed by atoms with Crippen LogP contribution in [0.2, 0.25) is 0 Å². The number of nitrogens with one attached hydrogen (secondary N) is 3. The molecule has 4 rings (SSSR count). The number of amides is 5. The van der Waals surface area contributed by atoms with Gasteiger partial charge in [0.05, 0.1) is 0 Å². The molecule has 2 saturated heterocycles. The molecule has 3 N–H and O–H groups in total. The van der Waals surface area contributed by atoms with Gasteiger partial charge in [-0.1, -0.05) is 43.3 Å². The SMILES string of the molecule is CC1(c2cccc(F)c2)CCN(C(=O)NCc2ccc(C3(C)NC(=O)NC3=O)cc2)C1. The molecule has 2 fully saturated rings. The third-order valence-corrected chi connectivity index (χ3v) is 6.30. The second kappa shape index (κ2) is 7.68. The van der Waals surface area contributed by atoms with Gasteiger partial charge in [-0.2, -0.15) is 0 Å². The molecule has 0 aliphatic carbocycles. The van der Waals surface area contributed by atoms with Gasteiger partial charge >= 0.3 is 12.1 Å². The van der Waals surface area contributed by atoms with E-state index in [-0.39, 0.29) is 17.3 Å². The first-order valence-corrected chi connectivity index (χ1v) is 10.2. The highest BCUT2D eigenvalue weighted by molar-refractivity contribution is 6.07. The number of rotatable bonds is 4. The predicted octanol–water partition coefficient (Wildman–Crippen LogP) is 2.75. The van der Waals surface area contributed by atoms with E-state index in [0.717, 1.165) is 17.5 Å². The van der Waals surface area contributed by atoms with Crippen LogP contribution in [0.25, 0.3) is 0 Å². The van der Waals surface area contributed by atoms with Gasteiger partial charge in [-0.25, -0.2) is 14.0 Å². The minimum absolute atomic E-state index is 0.168. The second-order valence-corrected chi connectivity index (χ2v) is 8.63. The molecule has 162 valence electrons. The molecule has 2 unspecified atom stereocenters. The van der Waals surface area contributed by atoms with Crippen LogP contribution in [-0.4, -0.2) is 36.0 Å². The summed E-state index contributed by atoms with van der Waals surface area (Å²) in [6.07, 6.45) is 0.769. The molecular formula is C23H25FN4O3. The fraction of sp³-hybridized carbons (Fsp3) is 0.348. The van der Waals surface area contributed by atoms with Crippen molar-refractivity contribution in [3.63, 3.8) is 0 Å². The van der Waals surface area contributed by atoms with Crippen molar-refractivity contribution in [2.24, 2.45) is 0 Å². The molecule has 0 aromatic heterocycles. The summed E-state index contributed by atoms with van der Waals surface area (Å²) in [6.45, 7) is 5.15. The van der Waals surface area contributed by atoms with E-state index in [2.05, 4.69) is 16.0 Å².